The summed E-state index contributed by atoms with van der Waals surface area (Å²) in [5, 5.41) is 9.63. The van der Waals surface area contributed by atoms with E-state index in [1.54, 1.807) is 24.5 Å². The predicted octanol–water partition coefficient (Wildman–Crippen LogP) is 3.98. The van der Waals surface area contributed by atoms with E-state index in [2.05, 4.69) is 16.8 Å². The highest BCUT2D eigenvalue weighted by molar-refractivity contribution is 5.51. The van der Waals surface area contributed by atoms with Crippen LogP contribution in [0.2, 0.25) is 0 Å². The van der Waals surface area contributed by atoms with Gasteiger partial charge in [0.25, 0.3) is 5.89 Å². The molecule has 0 aliphatic carbocycles. The molecule has 0 spiro atoms. The van der Waals surface area contributed by atoms with E-state index >= 15 is 0 Å². The molecular formula is C17H18N2O3. The largest absolute Gasteiger partial charge is 0.508 e. The zero-order valence-corrected chi connectivity index (χ0v) is 12.6. The Morgan fingerprint density at radius 2 is 2.09 bits per heavy atom. The van der Waals surface area contributed by atoms with Crippen LogP contribution in [0, 0.1) is 6.92 Å². The predicted molar refractivity (Wildman–Crippen MR) is 83.8 cm³/mol. The Labute approximate surface area is 128 Å². The summed E-state index contributed by atoms with van der Waals surface area (Å²) >= 11 is 0. The Kier molecular flexibility index (Phi) is 3.87. The van der Waals surface area contributed by atoms with E-state index in [1.165, 1.54) is 0 Å². The Morgan fingerprint density at radius 3 is 2.77 bits per heavy atom. The van der Waals surface area contributed by atoms with Crippen LogP contribution in [0.15, 0.2) is 51.5 Å². The number of aromatic nitrogens is 1. The number of rotatable bonds is 5. The molecule has 22 heavy (non-hydrogen) atoms. The zero-order chi connectivity index (χ0) is 15.5. The highest BCUT2D eigenvalue weighted by atomic mass is 16.4. The number of hydrogen-bond acceptors (Lipinski definition) is 5. The third kappa shape index (κ3) is 2.83. The maximum absolute atomic E-state index is 9.63. The van der Waals surface area contributed by atoms with Crippen LogP contribution in [0.3, 0.4) is 0 Å². The molecule has 3 aromatic rings. The van der Waals surface area contributed by atoms with E-state index in [-0.39, 0.29) is 5.75 Å². The molecule has 0 fully saturated rings. The molecule has 5 nitrogen and oxygen atoms in total. The minimum atomic E-state index is 0.254. The number of furan rings is 1. The van der Waals surface area contributed by atoms with Crippen molar-refractivity contribution in [1.29, 1.82) is 0 Å². The van der Waals surface area contributed by atoms with Gasteiger partial charge in [0.2, 0.25) is 0 Å². The molecule has 114 valence electrons. The second-order valence-electron chi connectivity index (χ2n) is 5.03. The van der Waals surface area contributed by atoms with E-state index in [0.717, 1.165) is 23.7 Å². The summed E-state index contributed by atoms with van der Waals surface area (Å²) in [6.07, 6.45) is 1.60. The van der Waals surface area contributed by atoms with Gasteiger partial charge in [-0.05, 0) is 38.1 Å². The lowest BCUT2D eigenvalue weighted by Crippen LogP contribution is -2.22. The summed E-state index contributed by atoms with van der Waals surface area (Å²) in [7, 11) is 0. The molecular weight excluding hydrogens is 280 g/mol. The monoisotopic (exact) mass is 298 g/mol. The molecule has 0 saturated carbocycles. The number of aryl methyl sites for hydroxylation is 1. The van der Waals surface area contributed by atoms with Crippen LogP contribution in [0.25, 0.3) is 11.7 Å². The highest BCUT2D eigenvalue weighted by Gasteiger charge is 2.16. The van der Waals surface area contributed by atoms with Crippen molar-refractivity contribution in [3.05, 3.63) is 54.1 Å². The molecule has 1 N–H and O–H groups in total. The number of oxazole rings is 1. The van der Waals surface area contributed by atoms with E-state index < -0.39 is 0 Å². The number of benzene rings is 1. The summed E-state index contributed by atoms with van der Waals surface area (Å²) in [5.41, 5.74) is 1.81. The van der Waals surface area contributed by atoms with Gasteiger partial charge in [-0.25, -0.2) is 4.98 Å². The van der Waals surface area contributed by atoms with Crippen molar-refractivity contribution in [3.8, 4) is 17.4 Å². The lowest BCUT2D eigenvalue weighted by atomic mass is 10.2. The van der Waals surface area contributed by atoms with Gasteiger partial charge in [-0.3, -0.25) is 0 Å². The van der Waals surface area contributed by atoms with Crippen molar-refractivity contribution in [3.63, 3.8) is 0 Å². The van der Waals surface area contributed by atoms with Gasteiger partial charge in [-0.15, -0.1) is 0 Å². The number of nitrogens with zero attached hydrogens (tertiary/aromatic N) is 2. The topological polar surface area (TPSA) is 62.6 Å². The maximum Gasteiger partial charge on any atom is 0.263 e. The zero-order valence-electron chi connectivity index (χ0n) is 12.6. The van der Waals surface area contributed by atoms with Gasteiger partial charge >= 0.3 is 0 Å². The van der Waals surface area contributed by atoms with Gasteiger partial charge in [-0.2, -0.15) is 0 Å². The first-order valence-corrected chi connectivity index (χ1v) is 7.21. The molecule has 2 aromatic heterocycles. The van der Waals surface area contributed by atoms with E-state index in [9.17, 15) is 5.11 Å². The summed E-state index contributed by atoms with van der Waals surface area (Å²) in [6, 6.07) is 10.8. The average Bonchev–Trinajstić information content (AvgIpc) is 3.14. The molecule has 5 heteroatoms. The molecule has 3 rings (SSSR count). The second-order valence-corrected chi connectivity index (χ2v) is 5.03. The number of phenolic OH excluding ortho intramolecular Hbond substituents is 1. The molecule has 0 amide bonds. The van der Waals surface area contributed by atoms with Gasteiger partial charge in [0.15, 0.2) is 5.76 Å². The Balaban J connectivity index is 1.85. The number of phenols is 1. The normalized spacial score (nSPS) is 10.8. The molecule has 2 heterocycles. The Hall–Kier alpha value is -2.69. The van der Waals surface area contributed by atoms with Crippen LogP contribution >= 0.6 is 0 Å². The maximum atomic E-state index is 9.63. The van der Waals surface area contributed by atoms with Gasteiger partial charge in [0.1, 0.15) is 17.2 Å². The first-order valence-electron chi connectivity index (χ1n) is 7.21. The van der Waals surface area contributed by atoms with Gasteiger partial charge < -0.3 is 18.8 Å². The second kappa shape index (κ2) is 5.97. The fraction of sp³-hybridized carbons (Fsp3) is 0.235. The first kappa shape index (κ1) is 14.3. The minimum absolute atomic E-state index is 0.254. The third-order valence-electron chi connectivity index (χ3n) is 3.54. The quantitative estimate of drug-likeness (QED) is 0.772. The smallest absolute Gasteiger partial charge is 0.263 e. The fourth-order valence-corrected chi connectivity index (χ4v) is 2.34. The molecule has 0 aliphatic heterocycles. The SMILES string of the molecule is CCN(Cc1nc(-c2ccco2)oc1C)c1cccc(O)c1. The Bertz CT molecular complexity index is 747. The summed E-state index contributed by atoms with van der Waals surface area (Å²) in [5.74, 6) is 2.13. The summed E-state index contributed by atoms with van der Waals surface area (Å²) < 4.78 is 11.0. The third-order valence-corrected chi connectivity index (χ3v) is 3.54. The highest BCUT2D eigenvalue weighted by Crippen LogP contribution is 2.25. The molecule has 0 radical (unpaired) electrons. The van der Waals surface area contributed by atoms with Crippen LogP contribution in [-0.4, -0.2) is 16.6 Å². The van der Waals surface area contributed by atoms with E-state index in [1.807, 2.05) is 25.1 Å². The molecule has 0 aliphatic rings. The lowest BCUT2D eigenvalue weighted by Gasteiger charge is -2.22. The van der Waals surface area contributed by atoms with Gasteiger partial charge in [0, 0.05) is 18.3 Å². The van der Waals surface area contributed by atoms with Gasteiger partial charge in [0.05, 0.1) is 12.8 Å². The standard InChI is InChI=1S/C17H18N2O3/c1-3-19(13-6-4-7-14(20)10-13)11-15-12(2)22-17(18-15)16-8-5-9-21-16/h4-10,20H,3,11H2,1-2H3. The van der Waals surface area contributed by atoms with Crippen molar-refractivity contribution in [2.24, 2.45) is 0 Å². The molecule has 0 atom stereocenters. The fourth-order valence-electron chi connectivity index (χ4n) is 2.34. The summed E-state index contributed by atoms with van der Waals surface area (Å²) in [6.45, 7) is 5.36. The Morgan fingerprint density at radius 1 is 1.23 bits per heavy atom. The van der Waals surface area contributed by atoms with Crippen LogP contribution in [-0.2, 0) is 6.54 Å². The first-order chi connectivity index (χ1) is 10.7. The number of aromatic hydroxyl groups is 1. The van der Waals surface area contributed by atoms with Crippen molar-refractivity contribution in [1.82, 2.24) is 4.98 Å². The lowest BCUT2D eigenvalue weighted by molar-refractivity contribution is 0.475. The molecule has 0 unspecified atom stereocenters. The van der Waals surface area contributed by atoms with Crippen molar-refractivity contribution in [2.45, 2.75) is 20.4 Å². The minimum Gasteiger partial charge on any atom is -0.508 e. The molecule has 0 saturated heterocycles. The average molecular weight is 298 g/mol. The van der Waals surface area contributed by atoms with Crippen LogP contribution in [0.5, 0.6) is 5.75 Å². The van der Waals surface area contributed by atoms with Crippen LogP contribution in [0.1, 0.15) is 18.4 Å². The van der Waals surface area contributed by atoms with Crippen molar-refractivity contribution in [2.75, 3.05) is 11.4 Å². The summed E-state index contributed by atoms with van der Waals surface area (Å²) in [4.78, 5) is 6.64. The van der Waals surface area contributed by atoms with Crippen LogP contribution in [0.4, 0.5) is 5.69 Å². The van der Waals surface area contributed by atoms with E-state index in [4.69, 9.17) is 8.83 Å². The van der Waals surface area contributed by atoms with Crippen LogP contribution < -0.4 is 4.90 Å². The molecule has 1 aromatic carbocycles. The van der Waals surface area contributed by atoms with Crippen molar-refractivity contribution >= 4 is 5.69 Å². The van der Waals surface area contributed by atoms with Crippen molar-refractivity contribution < 1.29 is 13.9 Å². The molecule has 0 bridgehead atoms. The van der Waals surface area contributed by atoms with E-state index in [0.29, 0.717) is 18.2 Å². The number of anilines is 1. The van der Waals surface area contributed by atoms with Gasteiger partial charge in [-0.1, -0.05) is 6.07 Å². The number of hydrogen-bond donors (Lipinski definition) is 1.